The summed E-state index contributed by atoms with van der Waals surface area (Å²) in [4.78, 5) is 32.5. The summed E-state index contributed by atoms with van der Waals surface area (Å²) in [5.41, 5.74) is -0.960. The van der Waals surface area contributed by atoms with Crippen LogP contribution in [0.4, 0.5) is 24.0 Å². The number of benzene rings is 1. The first-order chi connectivity index (χ1) is 14.6. The molecule has 1 aliphatic rings. The first-order valence-electron chi connectivity index (χ1n) is 9.47. The average molecular weight is 476 g/mol. The van der Waals surface area contributed by atoms with Crippen LogP contribution >= 0.6 is 22.9 Å². The molecular weight excluding hydrogens is 455 g/mol. The number of rotatable bonds is 6. The number of aromatic nitrogens is 1. The average Bonchev–Trinajstić information content (AvgIpc) is 3.21. The molecule has 7 nitrogen and oxygen atoms in total. The Kier molecular flexibility index (Phi) is 7.52. The summed E-state index contributed by atoms with van der Waals surface area (Å²) >= 11 is 6.94. The van der Waals surface area contributed by atoms with Gasteiger partial charge in [0.1, 0.15) is 0 Å². The lowest BCUT2D eigenvalue weighted by molar-refractivity contribution is -0.137. The fraction of sp³-hybridized carbons (Fsp3) is 0.421. The molecule has 1 aromatic carbocycles. The second-order valence-electron chi connectivity index (χ2n) is 7.06. The highest BCUT2D eigenvalue weighted by Gasteiger charge is 2.33. The van der Waals surface area contributed by atoms with E-state index in [1.54, 1.807) is 11.6 Å². The number of alkyl halides is 3. The molecule has 1 aromatic heterocycles. The highest BCUT2D eigenvalue weighted by Crippen LogP contribution is 2.36. The number of halogens is 4. The van der Waals surface area contributed by atoms with E-state index in [9.17, 15) is 22.8 Å². The van der Waals surface area contributed by atoms with E-state index >= 15 is 0 Å². The fourth-order valence-corrected chi connectivity index (χ4v) is 3.95. The van der Waals surface area contributed by atoms with Crippen LogP contribution in [-0.2, 0) is 15.8 Å². The van der Waals surface area contributed by atoms with E-state index in [2.05, 4.69) is 15.6 Å². The van der Waals surface area contributed by atoms with Gasteiger partial charge in [-0.05, 0) is 25.1 Å². The van der Waals surface area contributed by atoms with E-state index in [0.29, 0.717) is 31.3 Å². The van der Waals surface area contributed by atoms with Crippen molar-refractivity contribution in [2.75, 3.05) is 43.4 Å². The first kappa shape index (κ1) is 23.5. The van der Waals surface area contributed by atoms with Crippen molar-refractivity contribution in [2.24, 2.45) is 0 Å². The van der Waals surface area contributed by atoms with Gasteiger partial charge in [0.05, 0.1) is 23.2 Å². The van der Waals surface area contributed by atoms with Gasteiger partial charge in [0.2, 0.25) is 11.8 Å². The summed E-state index contributed by atoms with van der Waals surface area (Å²) in [5, 5.41) is 7.15. The van der Waals surface area contributed by atoms with Gasteiger partial charge in [-0.15, -0.1) is 11.3 Å². The second kappa shape index (κ2) is 9.94. The Morgan fingerprint density at radius 3 is 2.55 bits per heavy atom. The predicted octanol–water partition coefficient (Wildman–Crippen LogP) is 3.40. The lowest BCUT2D eigenvalue weighted by Gasteiger charge is -2.37. The summed E-state index contributed by atoms with van der Waals surface area (Å²) in [5.74, 6) is -0.567. The van der Waals surface area contributed by atoms with Crippen molar-refractivity contribution in [3.63, 3.8) is 0 Å². The van der Waals surface area contributed by atoms with Gasteiger partial charge in [0, 0.05) is 43.4 Å². The molecule has 2 heterocycles. The molecule has 31 heavy (non-hydrogen) atoms. The highest BCUT2D eigenvalue weighted by molar-refractivity contribution is 7.13. The van der Waals surface area contributed by atoms with Crippen molar-refractivity contribution in [3.05, 3.63) is 40.4 Å². The molecular formula is C19H21ClF3N5O2S. The third-order valence-electron chi connectivity index (χ3n) is 4.92. The number of piperazine rings is 1. The number of anilines is 2. The second-order valence-corrected chi connectivity index (χ2v) is 8.36. The minimum atomic E-state index is -4.60. The summed E-state index contributed by atoms with van der Waals surface area (Å²) in [6.07, 6.45) is -2.99. The van der Waals surface area contributed by atoms with Crippen LogP contribution in [0.15, 0.2) is 29.8 Å². The molecule has 12 heteroatoms. The molecule has 1 saturated heterocycles. The monoisotopic (exact) mass is 475 g/mol. The maximum absolute atomic E-state index is 13.0. The van der Waals surface area contributed by atoms with Crippen LogP contribution in [0.25, 0.3) is 0 Å². The van der Waals surface area contributed by atoms with Crippen LogP contribution in [0.1, 0.15) is 12.5 Å². The summed E-state index contributed by atoms with van der Waals surface area (Å²) < 4.78 is 38.9. The molecule has 0 bridgehead atoms. The van der Waals surface area contributed by atoms with Crippen molar-refractivity contribution in [1.29, 1.82) is 0 Å². The zero-order valence-corrected chi connectivity index (χ0v) is 18.2. The summed E-state index contributed by atoms with van der Waals surface area (Å²) in [6, 6.07) is 2.91. The number of nitrogens with zero attached hydrogens (tertiary/aromatic N) is 3. The van der Waals surface area contributed by atoms with Gasteiger partial charge in [-0.1, -0.05) is 11.6 Å². The molecule has 1 fully saturated rings. The van der Waals surface area contributed by atoms with E-state index in [0.717, 1.165) is 12.1 Å². The third-order valence-corrected chi connectivity index (χ3v) is 5.94. The lowest BCUT2D eigenvalue weighted by Crippen LogP contribution is -2.53. The molecule has 2 amide bonds. The van der Waals surface area contributed by atoms with Crippen LogP contribution in [0.5, 0.6) is 0 Å². The summed E-state index contributed by atoms with van der Waals surface area (Å²) in [6.45, 7) is 4.12. The number of hydrogen-bond acceptors (Lipinski definition) is 6. The Hall–Kier alpha value is -2.21. The van der Waals surface area contributed by atoms with Gasteiger partial charge in [-0.2, -0.15) is 13.2 Å². The summed E-state index contributed by atoms with van der Waals surface area (Å²) in [7, 11) is 0. The maximum atomic E-state index is 13.0. The van der Waals surface area contributed by atoms with Crippen LogP contribution in [0.3, 0.4) is 0 Å². The van der Waals surface area contributed by atoms with Gasteiger partial charge in [-0.25, -0.2) is 4.98 Å². The van der Waals surface area contributed by atoms with Gasteiger partial charge in [0.25, 0.3) is 0 Å². The van der Waals surface area contributed by atoms with Crippen LogP contribution < -0.4 is 10.6 Å². The minimum Gasteiger partial charge on any atom is -0.325 e. The van der Waals surface area contributed by atoms with E-state index in [1.165, 1.54) is 17.4 Å². The van der Waals surface area contributed by atoms with Gasteiger partial charge < -0.3 is 10.6 Å². The Bertz CT molecular complexity index is 918. The molecule has 0 saturated carbocycles. The van der Waals surface area contributed by atoms with Gasteiger partial charge in [-0.3, -0.25) is 19.4 Å². The Labute approximate surface area is 186 Å². The Morgan fingerprint density at radius 1 is 1.23 bits per heavy atom. The van der Waals surface area contributed by atoms with E-state index in [-0.39, 0.29) is 24.2 Å². The smallest absolute Gasteiger partial charge is 0.325 e. The molecule has 1 atom stereocenters. The van der Waals surface area contributed by atoms with Crippen molar-refractivity contribution < 1.29 is 22.8 Å². The molecule has 168 valence electrons. The van der Waals surface area contributed by atoms with Crippen LogP contribution in [0.2, 0.25) is 5.02 Å². The van der Waals surface area contributed by atoms with Gasteiger partial charge in [0.15, 0.2) is 5.13 Å². The molecule has 3 rings (SSSR count). The SMILES string of the molecule is CC(C(=O)Nc1nccs1)N1CCN(CC(=O)Nc2ccc(Cl)c(C(F)(F)F)c2)CC1. The number of amides is 2. The minimum absolute atomic E-state index is 0.0350. The van der Waals surface area contributed by atoms with Crippen molar-refractivity contribution in [1.82, 2.24) is 14.8 Å². The largest absolute Gasteiger partial charge is 0.417 e. The highest BCUT2D eigenvalue weighted by atomic mass is 35.5. The maximum Gasteiger partial charge on any atom is 0.417 e. The molecule has 0 radical (unpaired) electrons. The van der Waals surface area contributed by atoms with E-state index in [4.69, 9.17) is 11.6 Å². The number of carbonyl (C=O) groups excluding carboxylic acids is 2. The van der Waals surface area contributed by atoms with Crippen molar-refractivity contribution >= 4 is 45.6 Å². The zero-order valence-electron chi connectivity index (χ0n) is 16.6. The number of thiazole rings is 1. The normalized spacial score (nSPS) is 16.7. The fourth-order valence-electron chi connectivity index (χ4n) is 3.19. The van der Waals surface area contributed by atoms with Gasteiger partial charge >= 0.3 is 6.18 Å². The lowest BCUT2D eigenvalue weighted by atomic mass is 10.2. The standard InChI is InChI=1S/C19H21ClF3N5O2S/c1-12(17(30)26-18-24-4-9-31-18)28-7-5-27(6-8-28)11-16(29)25-13-2-3-15(20)14(10-13)19(21,22)23/h2-4,9-10,12H,5-8,11H2,1H3,(H,25,29)(H,24,26,30). The first-order valence-corrected chi connectivity index (χ1v) is 10.7. The number of carbonyl (C=O) groups is 2. The predicted molar refractivity (Wildman–Crippen MR) is 113 cm³/mol. The molecule has 2 N–H and O–H groups in total. The topological polar surface area (TPSA) is 77.6 Å². The van der Waals surface area contributed by atoms with Crippen LogP contribution in [-0.4, -0.2) is 65.4 Å². The molecule has 1 aliphatic heterocycles. The zero-order chi connectivity index (χ0) is 22.6. The Morgan fingerprint density at radius 2 is 1.94 bits per heavy atom. The van der Waals surface area contributed by atoms with Crippen molar-refractivity contribution in [3.8, 4) is 0 Å². The quantitative estimate of drug-likeness (QED) is 0.669. The third kappa shape index (κ3) is 6.39. The molecule has 0 aliphatic carbocycles. The number of hydrogen-bond donors (Lipinski definition) is 2. The number of nitrogens with one attached hydrogen (secondary N) is 2. The van der Waals surface area contributed by atoms with Crippen LogP contribution in [0, 0.1) is 0 Å². The Balaban J connectivity index is 1.47. The van der Waals surface area contributed by atoms with E-state index < -0.39 is 22.7 Å². The van der Waals surface area contributed by atoms with E-state index in [1.807, 2.05) is 16.7 Å². The molecule has 2 aromatic rings. The van der Waals surface area contributed by atoms with Crippen molar-refractivity contribution in [2.45, 2.75) is 19.1 Å². The molecule has 0 spiro atoms. The molecule has 1 unspecified atom stereocenters.